The highest BCUT2D eigenvalue weighted by Gasteiger charge is 2.27. The number of nitrogens with one attached hydrogen (secondary N) is 2. The van der Waals surface area contributed by atoms with Crippen molar-refractivity contribution in [3.8, 4) is 0 Å². The molecule has 9 nitrogen and oxygen atoms in total. The molecule has 0 aromatic carbocycles. The number of amides is 2. The van der Waals surface area contributed by atoms with Crippen molar-refractivity contribution in [1.29, 1.82) is 0 Å². The lowest BCUT2D eigenvalue weighted by Crippen LogP contribution is -2.35. The van der Waals surface area contributed by atoms with Crippen molar-refractivity contribution >= 4 is 27.7 Å². The quantitative estimate of drug-likeness (QED) is 0.750. The molecule has 0 aliphatic carbocycles. The van der Waals surface area contributed by atoms with E-state index in [-0.39, 0.29) is 23.0 Å². The molecule has 0 radical (unpaired) electrons. The Labute approximate surface area is 163 Å². The average molecular weight is 405 g/mol. The zero-order chi connectivity index (χ0) is 20.3. The van der Waals surface area contributed by atoms with E-state index in [2.05, 4.69) is 15.3 Å². The van der Waals surface area contributed by atoms with Crippen LogP contribution in [0.25, 0.3) is 0 Å². The van der Waals surface area contributed by atoms with Gasteiger partial charge in [0, 0.05) is 32.5 Å². The second-order valence-corrected chi connectivity index (χ2v) is 8.82. The average Bonchev–Trinajstić information content (AvgIpc) is 3.33. The summed E-state index contributed by atoms with van der Waals surface area (Å²) in [5, 5.41) is 2.57. The lowest BCUT2D eigenvalue weighted by Gasteiger charge is -2.16. The topological polar surface area (TPSA) is 115 Å². The number of likely N-dealkylation sites (tertiary alicyclic amines) is 1. The fourth-order valence-electron chi connectivity index (χ4n) is 2.99. The third-order valence-corrected chi connectivity index (χ3v) is 6.32. The van der Waals surface area contributed by atoms with Gasteiger partial charge in [-0.2, -0.15) is 4.31 Å². The predicted molar refractivity (Wildman–Crippen MR) is 103 cm³/mol. The lowest BCUT2D eigenvalue weighted by atomic mass is 10.3. The number of carbonyl (C=O) groups excluding carboxylic acids is 2. The van der Waals surface area contributed by atoms with Crippen molar-refractivity contribution in [3.63, 3.8) is 0 Å². The molecule has 1 fully saturated rings. The Morgan fingerprint density at radius 3 is 2.68 bits per heavy atom. The molecule has 0 bridgehead atoms. The molecule has 150 valence electrons. The van der Waals surface area contributed by atoms with E-state index in [1.807, 2.05) is 6.92 Å². The van der Waals surface area contributed by atoms with E-state index in [1.165, 1.54) is 19.3 Å². The van der Waals surface area contributed by atoms with Crippen LogP contribution in [0.4, 0.5) is 5.82 Å². The Morgan fingerprint density at radius 1 is 1.29 bits per heavy atom. The Morgan fingerprint density at radius 2 is 2.00 bits per heavy atom. The number of sulfonamides is 1. The van der Waals surface area contributed by atoms with Gasteiger partial charge in [0.15, 0.2) is 0 Å². The fraction of sp³-hybridized carbons (Fsp3) is 0.389. The molecule has 1 aliphatic heterocycles. The molecule has 2 amide bonds. The second-order valence-electron chi connectivity index (χ2n) is 6.78. The number of anilines is 1. The minimum absolute atomic E-state index is 0.0565. The standard InChI is InChI=1S/C18H23N5O4S/c1-13-5-6-19-16(9-13)21-17(24)12-22(2)28(26,27)14-10-15(20-11-14)18(25)23-7-3-4-8-23/h5-6,9-11,20H,3-4,7-8,12H2,1-2H3,(H,19,21,24). The highest BCUT2D eigenvalue weighted by atomic mass is 32.2. The van der Waals surface area contributed by atoms with Gasteiger partial charge in [0.05, 0.1) is 6.54 Å². The van der Waals surface area contributed by atoms with Gasteiger partial charge in [0.1, 0.15) is 16.4 Å². The Balaban J connectivity index is 1.66. The van der Waals surface area contributed by atoms with Crippen LogP contribution in [0.3, 0.4) is 0 Å². The van der Waals surface area contributed by atoms with E-state index < -0.39 is 15.9 Å². The number of hydrogen-bond acceptors (Lipinski definition) is 5. The highest BCUT2D eigenvalue weighted by molar-refractivity contribution is 7.89. The van der Waals surface area contributed by atoms with Crippen molar-refractivity contribution in [2.45, 2.75) is 24.7 Å². The van der Waals surface area contributed by atoms with Gasteiger partial charge in [-0.15, -0.1) is 0 Å². The molecule has 3 rings (SSSR count). The van der Waals surface area contributed by atoms with Gasteiger partial charge in [-0.05, 0) is 43.5 Å². The fourth-order valence-corrected chi connectivity index (χ4v) is 4.11. The van der Waals surface area contributed by atoms with Gasteiger partial charge in [0.25, 0.3) is 5.91 Å². The van der Waals surface area contributed by atoms with Crippen LogP contribution in [0.1, 0.15) is 28.9 Å². The summed E-state index contributed by atoms with van der Waals surface area (Å²) in [6.45, 7) is 2.83. The maximum atomic E-state index is 12.7. The Hall–Kier alpha value is -2.72. The molecule has 10 heteroatoms. The number of carbonyl (C=O) groups is 2. The van der Waals surface area contributed by atoms with Crippen LogP contribution in [0.2, 0.25) is 0 Å². The molecule has 1 saturated heterocycles. The minimum Gasteiger partial charge on any atom is -0.356 e. The maximum absolute atomic E-state index is 12.7. The van der Waals surface area contributed by atoms with Gasteiger partial charge in [-0.25, -0.2) is 13.4 Å². The van der Waals surface area contributed by atoms with E-state index in [1.54, 1.807) is 23.2 Å². The number of aromatic amines is 1. The predicted octanol–water partition coefficient (Wildman–Crippen LogP) is 1.21. The number of likely N-dealkylation sites (N-methyl/N-ethyl adjacent to an activating group) is 1. The van der Waals surface area contributed by atoms with E-state index in [4.69, 9.17) is 0 Å². The molecule has 0 atom stereocenters. The first-order valence-electron chi connectivity index (χ1n) is 8.94. The van der Waals surface area contributed by atoms with Gasteiger partial charge in [-0.3, -0.25) is 9.59 Å². The third kappa shape index (κ3) is 4.39. The summed E-state index contributed by atoms with van der Waals surface area (Å²) in [5.41, 5.74) is 1.15. The number of hydrogen-bond donors (Lipinski definition) is 2. The zero-order valence-corrected chi connectivity index (χ0v) is 16.6. The molecule has 2 aromatic rings. The molecule has 0 saturated carbocycles. The molecule has 2 aromatic heterocycles. The van der Waals surface area contributed by atoms with E-state index >= 15 is 0 Å². The summed E-state index contributed by atoms with van der Waals surface area (Å²) in [5.74, 6) is -0.367. The number of aromatic nitrogens is 2. The third-order valence-electron chi connectivity index (χ3n) is 4.54. The van der Waals surface area contributed by atoms with Crippen LogP contribution >= 0.6 is 0 Å². The van der Waals surface area contributed by atoms with Crippen molar-refractivity contribution < 1.29 is 18.0 Å². The summed E-state index contributed by atoms with van der Waals surface area (Å²) in [4.78, 5) is 32.9. The van der Waals surface area contributed by atoms with Crippen LogP contribution in [0.5, 0.6) is 0 Å². The number of rotatable bonds is 6. The smallest absolute Gasteiger partial charge is 0.270 e. The number of nitrogens with zero attached hydrogens (tertiary/aromatic N) is 3. The van der Waals surface area contributed by atoms with Gasteiger partial charge in [0.2, 0.25) is 15.9 Å². The number of H-pyrrole nitrogens is 1. The maximum Gasteiger partial charge on any atom is 0.270 e. The summed E-state index contributed by atoms with van der Waals surface area (Å²) in [7, 11) is -2.61. The van der Waals surface area contributed by atoms with Gasteiger partial charge >= 0.3 is 0 Å². The molecule has 2 N–H and O–H groups in total. The first-order chi connectivity index (χ1) is 13.3. The summed E-state index contributed by atoms with van der Waals surface area (Å²) < 4.78 is 26.4. The largest absolute Gasteiger partial charge is 0.356 e. The van der Waals surface area contributed by atoms with Gasteiger partial charge in [-0.1, -0.05) is 0 Å². The van der Waals surface area contributed by atoms with E-state index in [0.29, 0.717) is 18.9 Å². The Bertz CT molecular complexity index is 979. The van der Waals surface area contributed by atoms with Crippen molar-refractivity contribution in [3.05, 3.63) is 41.9 Å². The molecule has 3 heterocycles. The molecule has 1 aliphatic rings. The summed E-state index contributed by atoms with van der Waals surface area (Å²) in [6.07, 6.45) is 4.73. The summed E-state index contributed by atoms with van der Waals surface area (Å²) >= 11 is 0. The normalized spacial score (nSPS) is 14.5. The monoisotopic (exact) mass is 405 g/mol. The van der Waals surface area contributed by atoms with Crippen molar-refractivity contribution in [1.82, 2.24) is 19.2 Å². The number of pyridine rings is 1. The second kappa shape index (κ2) is 8.11. The highest BCUT2D eigenvalue weighted by Crippen LogP contribution is 2.18. The molecule has 28 heavy (non-hydrogen) atoms. The van der Waals surface area contributed by atoms with Crippen LogP contribution in [0.15, 0.2) is 35.5 Å². The van der Waals surface area contributed by atoms with Crippen LogP contribution in [-0.4, -0.2) is 66.1 Å². The number of aryl methyl sites for hydroxylation is 1. The van der Waals surface area contributed by atoms with Crippen molar-refractivity contribution in [2.75, 3.05) is 32.0 Å². The lowest BCUT2D eigenvalue weighted by molar-refractivity contribution is -0.116. The molecule has 0 unspecified atom stereocenters. The zero-order valence-electron chi connectivity index (χ0n) is 15.8. The van der Waals surface area contributed by atoms with E-state index in [0.717, 1.165) is 22.7 Å². The van der Waals surface area contributed by atoms with Crippen molar-refractivity contribution in [2.24, 2.45) is 0 Å². The first kappa shape index (κ1) is 20.0. The Kier molecular flexibility index (Phi) is 5.80. The first-order valence-corrected chi connectivity index (χ1v) is 10.4. The van der Waals surface area contributed by atoms with Crippen LogP contribution in [0, 0.1) is 6.92 Å². The van der Waals surface area contributed by atoms with Crippen LogP contribution in [-0.2, 0) is 14.8 Å². The van der Waals surface area contributed by atoms with Gasteiger partial charge < -0.3 is 15.2 Å². The molecule has 0 spiro atoms. The SMILES string of the molecule is Cc1ccnc(NC(=O)CN(C)S(=O)(=O)c2c[nH]c(C(=O)N3CCCC3)c2)c1. The van der Waals surface area contributed by atoms with E-state index in [9.17, 15) is 18.0 Å². The minimum atomic E-state index is -3.92. The summed E-state index contributed by atoms with van der Waals surface area (Å²) in [6, 6.07) is 4.79. The molecular formula is C18H23N5O4S. The molecular weight excluding hydrogens is 382 g/mol. The van der Waals surface area contributed by atoms with Crippen LogP contribution < -0.4 is 5.32 Å².